The van der Waals surface area contributed by atoms with Gasteiger partial charge in [-0.3, -0.25) is 4.79 Å². The molecule has 0 bridgehead atoms. The number of rotatable bonds is 1. The Kier molecular flexibility index (Phi) is 4.14. The van der Waals surface area contributed by atoms with Crippen LogP contribution < -0.4 is 0 Å². The molecule has 5 heteroatoms. The van der Waals surface area contributed by atoms with Crippen LogP contribution in [0.5, 0.6) is 0 Å². The van der Waals surface area contributed by atoms with Crippen LogP contribution in [0.4, 0.5) is 0 Å². The molecule has 0 N–H and O–H groups in total. The first-order valence-corrected chi connectivity index (χ1v) is 8.57. The number of allylic oxidation sites excluding steroid dienone is 5. The number of Topliss-reactive ketones (excluding diaryl/α,β-unsaturated/α-hetero) is 1. The van der Waals surface area contributed by atoms with Crippen LogP contribution in [0.1, 0.15) is 47.3 Å². The van der Waals surface area contributed by atoms with E-state index in [1.807, 2.05) is 41.5 Å². The van der Waals surface area contributed by atoms with Gasteiger partial charge in [-0.25, -0.2) is 4.79 Å². The van der Waals surface area contributed by atoms with Crippen LogP contribution in [-0.4, -0.2) is 17.5 Å². The largest absolute Gasteiger partial charge is 0.463 e. The number of ketones is 1. The van der Waals surface area contributed by atoms with Crippen LogP contribution in [0.2, 0.25) is 0 Å². The van der Waals surface area contributed by atoms with E-state index in [0.717, 1.165) is 0 Å². The molecule has 1 aromatic heterocycles. The molecule has 0 amide bonds. The van der Waals surface area contributed by atoms with Crippen molar-refractivity contribution in [1.29, 1.82) is 0 Å². The minimum Gasteiger partial charge on any atom is -0.463 e. The van der Waals surface area contributed by atoms with Crippen LogP contribution in [0, 0.1) is 10.8 Å². The van der Waals surface area contributed by atoms with Crippen LogP contribution in [0.15, 0.2) is 62.4 Å². The van der Waals surface area contributed by atoms with Gasteiger partial charge < -0.3 is 9.25 Å². The van der Waals surface area contributed by atoms with Gasteiger partial charge in [0.25, 0.3) is 0 Å². The normalized spacial score (nSPS) is 18.6. The molecule has 2 aliphatic rings. The molecule has 2 heterocycles. The van der Waals surface area contributed by atoms with Gasteiger partial charge in [0.1, 0.15) is 5.57 Å². The Morgan fingerprint density at radius 3 is 1.96 bits per heavy atom. The first-order chi connectivity index (χ1) is 12.0. The van der Waals surface area contributed by atoms with E-state index in [-0.39, 0.29) is 16.6 Å². The first-order valence-electron chi connectivity index (χ1n) is 8.57. The molecule has 0 spiro atoms. The summed E-state index contributed by atoms with van der Waals surface area (Å²) in [5.41, 5.74) is 1.87. The molecule has 26 heavy (non-hydrogen) atoms. The molecule has 3 rings (SSSR count). The van der Waals surface area contributed by atoms with Crippen molar-refractivity contribution in [2.45, 2.75) is 41.5 Å². The lowest BCUT2D eigenvalue weighted by Crippen LogP contribution is -2.28. The van der Waals surface area contributed by atoms with Gasteiger partial charge in [-0.1, -0.05) is 46.7 Å². The van der Waals surface area contributed by atoms with Gasteiger partial charge in [0, 0.05) is 11.1 Å². The van der Waals surface area contributed by atoms with Gasteiger partial charge in [-0.05, 0) is 40.7 Å². The maximum absolute atomic E-state index is 13.0. The van der Waals surface area contributed by atoms with Crippen LogP contribution in [0.3, 0.4) is 0 Å². The smallest absolute Gasteiger partial charge is 0.368 e. The van der Waals surface area contributed by atoms with Crippen molar-refractivity contribution >= 4 is 17.5 Å². The molecule has 0 saturated carbocycles. The summed E-state index contributed by atoms with van der Waals surface area (Å²) in [5, 5.41) is 3.88. The molecule has 0 fully saturated rings. The SMILES string of the molecule is CC(C)(C)C1=CC(=C2C(=O)ON=C2c2ccco2)C=C(C(C)(C)C)C1=O. The monoisotopic (exact) mass is 353 g/mol. The quantitative estimate of drug-likeness (QED) is 0.555. The van der Waals surface area contributed by atoms with Gasteiger partial charge in [0.05, 0.1) is 6.26 Å². The third-order valence-electron chi connectivity index (χ3n) is 4.41. The van der Waals surface area contributed by atoms with Crippen molar-refractivity contribution in [3.8, 4) is 0 Å². The lowest BCUT2D eigenvalue weighted by molar-refractivity contribution is -0.136. The minimum atomic E-state index is -0.547. The molecular weight excluding hydrogens is 330 g/mol. The second-order valence-electron chi connectivity index (χ2n) is 8.57. The fraction of sp³-hybridized carbons (Fsp3) is 0.381. The Balaban J connectivity index is 2.26. The van der Waals surface area contributed by atoms with Crippen molar-refractivity contribution < 1.29 is 18.8 Å². The van der Waals surface area contributed by atoms with E-state index in [4.69, 9.17) is 9.25 Å². The Bertz CT molecular complexity index is 859. The summed E-state index contributed by atoms with van der Waals surface area (Å²) in [7, 11) is 0. The molecule has 0 saturated heterocycles. The number of hydrogen-bond donors (Lipinski definition) is 0. The predicted molar refractivity (Wildman–Crippen MR) is 98.4 cm³/mol. The fourth-order valence-electron chi connectivity index (χ4n) is 3.00. The number of carbonyl (C=O) groups is 2. The number of carbonyl (C=O) groups excluding carboxylic acids is 2. The molecule has 1 aliphatic carbocycles. The molecular formula is C21H23NO4. The van der Waals surface area contributed by atoms with E-state index in [1.165, 1.54) is 6.26 Å². The van der Waals surface area contributed by atoms with Crippen molar-refractivity contribution in [2.75, 3.05) is 0 Å². The average Bonchev–Trinajstić information content (AvgIpc) is 3.14. The third-order valence-corrected chi connectivity index (χ3v) is 4.41. The standard InChI is InChI=1S/C21H23NO4/c1-20(2,3)13-10-12(11-14(18(13)23)21(4,5)6)16-17(22-26-19(16)24)15-8-7-9-25-15/h7-11H,1-6H3. The van der Waals surface area contributed by atoms with E-state index in [9.17, 15) is 9.59 Å². The van der Waals surface area contributed by atoms with E-state index in [1.54, 1.807) is 24.3 Å². The zero-order valence-electron chi connectivity index (χ0n) is 16.0. The van der Waals surface area contributed by atoms with E-state index >= 15 is 0 Å². The summed E-state index contributed by atoms with van der Waals surface area (Å²) in [6.07, 6.45) is 5.07. The van der Waals surface area contributed by atoms with E-state index in [2.05, 4.69) is 5.16 Å². The zero-order chi connectivity index (χ0) is 19.3. The maximum atomic E-state index is 13.0. The number of hydrogen-bond acceptors (Lipinski definition) is 5. The highest BCUT2D eigenvalue weighted by atomic mass is 16.7. The molecule has 5 nitrogen and oxygen atoms in total. The number of oxime groups is 1. The van der Waals surface area contributed by atoms with Gasteiger partial charge in [-0.2, -0.15) is 0 Å². The zero-order valence-corrected chi connectivity index (χ0v) is 16.0. The van der Waals surface area contributed by atoms with Crippen LogP contribution in [-0.2, 0) is 14.4 Å². The summed E-state index contributed by atoms with van der Waals surface area (Å²) >= 11 is 0. The van der Waals surface area contributed by atoms with Crippen LogP contribution in [0.25, 0.3) is 0 Å². The van der Waals surface area contributed by atoms with Crippen molar-refractivity contribution in [3.63, 3.8) is 0 Å². The third kappa shape index (κ3) is 3.09. The lowest BCUT2D eigenvalue weighted by atomic mass is 9.71. The summed E-state index contributed by atoms with van der Waals surface area (Å²) in [4.78, 5) is 30.4. The van der Waals surface area contributed by atoms with Crippen molar-refractivity contribution in [2.24, 2.45) is 16.0 Å². The predicted octanol–water partition coefficient (Wildman–Crippen LogP) is 4.36. The first kappa shape index (κ1) is 18.1. The highest BCUT2D eigenvalue weighted by Gasteiger charge is 2.37. The highest BCUT2D eigenvalue weighted by Crippen LogP contribution is 2.40. The van der Waals surface area contributed by atoms with Gasteiger partial charge >= 0.3 is 5.97 Å². The summed E-state index contributed by atoms with van der Waals surface area (Å²) in [6.45, 7) is 11.9. The lowest BCUT2D eigenvalue weighted by Gasteiger charge is -2.31. The second kappa shape index (κ2) is 5.94. The highest BCUT2D eigenvalue weighted by molar-refractivity contribution is 6.29. The number of furan rings is 1. The summed E-state index contributed by atoms with van der Waals surface area (Å²) in [5.74, 6) is -0.0846. The molecule has 0 atom stereocenters. The fourth-order valence-corrected chi connectivity index (χ4v) is 3.00. The van der Waals surface area contributed by atoms with Gasteiger partial charge in [0.2, 0.25) is 0 Å². The molecule has 1 aliphatic heterocycles. The second-order valence-corrected chi connectivity index (χ2v) is 8.57. The average molecular weight is 353 g/mol. The summed E-state index contributed by atoms with van der Waals surface area (Å²) in [6, 6.07) is 3.44. The maximum Gasteiger partial charge on any atom is 0.368 e. The van der Waals surface area contributed by atoms with Gasteiger partial charge in [0.15, 0.2) is 17.3 Å². The molecule has 136 valence electrons. The van der Waals surface area contributed by atoms with E-state index < -0.39 is 5.97 Å². The molecule has 1 aromatic rings. The Morgan fingerprint density at radius 1 is 0.923 bits per heavy atom. The van der Waals surface area contributed by atoms with E-state index in [0.29, 0.717) is 33.8 Å². The minimum absolute atomic E-state index is 0.0113. The Morgan fingerprint density at radius 2 is 1.50 bits per heavy atom. The van der Waals surface area contributed by atoms with Gasteiger partial charge in [-0.15, -0.1) is 0 Å². The topological polar surface area (TPSA) is 68.9 Å². The Hall–Kier alpha value is -2.69. The Labute approximate surface area is 153 Å². The molecule has 0 aromatic carbocycles. The summed E-state index contributed by atoms with van der Waals surface area (Å²) < 4.78 is 5.39. The molecule has 0 radical (unpaired) electrons. The van der Waals surface area contributed by atoms with Crippen molar-refractivity contribution in [3.05, 3.63) is 58.6 Å². The van der Waals surface area contributed by atoms with Crippen LogP contribution >= 0.6 is 0 Å². The molecule has 0 unspecified atom stereocenters. The van der Waals surface area contributed by atoms with Crippen molar-refractivity contribution in [1.82, 2.24) is 0 Å². The number of nitrogens with zero attached hydrogens (tertiary/aromatic N) is 1.